The molecule has 0 aliphatic heterocycles. The van der Waals surface area contributed by atoms with Crippen LogP contribution in [0.4, 0.5) is 0 Å². The van der Waals surface area contributed by atoms with Gasteiger partial charge in [-0.15, -0.1) is 0 Å². The van der Waals surface area contributed by atoms with E-state index in [9.17, 15) is 0 Å². The van der Waals surface area contributed by atoms with Gasteiger partial charge in [-0.05, 0) is 26.7 Å². The van der Waals surface area contributed by atoms with Gasteiger partial charge in [0.05, 0.1) is 6.33 Å². The monoisotopic (exact) mass is 164 g/mol. The number of imidazole rings is 1. The van der Waals surface area contributed by atoms with E-state index < -0.39 is 0 Å². The van der Waals surface area contributed by atoms with E-state index in [1.807, 2.05) is 12.5 Å². The number of aromatic nitrogens is 2. The molecule has 0 saturated heterocycles. The highest BCUT2D eigenvalue weighted by atomic mass is 15.1. The van der Waals surface area contributed by atoms with Crippen molar-refractivity contribution in [1.82, 2.24) is 9.55 Å². The Hall–Kier alpha value is -0.790. The highest BCUT2D eigenvalue weighted by molar-refractivity contribution is 5.10. The molecule has 1 heterocycles. The van der Waals surface area contributed by atoms with Crippen LogP contribution >= 0.6 is 0 Å². The predicted octanol–water partition coefficient (Wildman–Crippen LogP) is 2.73. The number of hydrogen-bond donors (Lipinski definition) is 0. The van der Waals surface area contributed by atoms with Crippen molar-refractivity contribution < 1.29 is 0 Å². The van der Waals surface area contributed by atoms with Gasteiger partial charge in [-0.25, -0.2) is 4.98 Å². The van der Waals surface area contributed by atoms with Gasteiger partial charge in [0, 0.05) is 23.9 Å². The smallest absolute Gasteiger partial charge is 0.0950 e. The van der Waals surface area contributed by atoms with E-state index in [-0.39, 0.29) is 0 Å². The Bertz CT molecular complexity index is 259. The lowest BCUT2D eigenvalue weighted by Crippen LogP contribution is -2.14. The van der Waals surface area contributed by atoms with Crippen LogP contribution < -0.4 is 0 Å². The van der Waals surface area contributed by atoms with E-state index in [1.165, 1.54) is 25.0 Å². The van der Waals surface area contributed by atoms with Gasteiger partial charge in [0.2, 0.25) is 0 Å². The predicted molar refractivity (Wildman–Crippen MR) is 49.2 cm³/mol. The van der Waals surface area contributed by atoms with Crippen LogP contribution in [0.15, 0.2) is 12.5 Å². The lowest BCUT2D eigenvalue weighted by Gasteiger charge is -2.27. The third-order valence-corrected chi connectivity index (χ3v) is 2.78. The minimum Gasteiger partial charge on any atom is -0.332 e. The van der Waals surface area contributed by atoms with Crippen LogP contribution in [0.5, 0.6) is 0 Å². The summed E-state index contributed by atoms with van der Waals surface area (Å²) in [5.74, 6) is 0.801. The van der Waals surface area contributed by atoms with E-state index in [0.717, 1.165) is 5.92 Å². The summed E-state index contributed by atoms with van der Waals surface area (Å²) in [4.78, 5) is 4.21. The maximum absolute atomic E-state index is 4.21. The molecular weight excluding hydrogens is 148 g/mol. The summed E-state index contributed by atoms with van der Waals surface area (Å²) < 4.78 is 2.30. The summed E-state index contributed by atoms with van der Waals surface area (Å²) in [6.45, 7) is 4.42. The van der Waals surface area contributed by atoms with E-state index in [2.05, 4.69) is 23.4 Å². The molecule has 12 heavy (non-hydrogen) atoms. The molecule has 1 aliphatic carbocycles. The highest BCUT2D eigenvalue weighted by Crippen LogP contribution is 2.36. The van der Waals surface area contributed by atoms with Crippen molar-refractivity contribution in [3.8, 4) is 0 Å². The van der Waals surface area contributed by atoms with Crippen molar-refractivity contribution in [1.29, 1.82) is 0 Å². The van der Waals surface area contributed by atoms with Crippen molar-refractivity contribution in [2.75, 3.05) is 0 Å². The first kappa shape index (κ1) is 7.84. The third-order valence-electron chi connectivity index (χ3n) is 2.78. The third kappa shape index (κ3) is 1.15. The molecule has 0 bridgehead atoms. The maximum Gasteiger partial charge on any atom is 0.0950 e. The minimum atomic E-state index is 0.558. The van der Waals surface area contributed by atoms with Gasteiger partial charge in [-0.3, -0.25) is 0 Å². The molecule has 66 valence electrons. The van der Waals surface area contributed by atoms with E-state index in [4.69, 9.17) is 0 Å². The normalized spacial score (nSPS) is 18.2. The SMILES string of the molecule is CC(C)n1cncc1C1CCC1. The van der Waals surface area contributed by atoms with Gasteiger partial charge < -0.3 is 4.57 Å². The zero-order valence-corrected chi connectivity index (χ0v) is 7.83. The lowest BCUT2D eigenvalue weighted by molar-refractivity contribution is 0.388. The van der Waals surface area contributed by atoms with Crippen LogP contribution in [-0.2, 0) is 0 Å². The average Bonchev–Trinajstić information content (AvgIpc) is 2.31. The fraction of sp³-hybridized carbons (Fsp3) is 0.700. The summed E-state index contributed by atoms with van der Waals surface area (Å²) >= 11 is 0. The molecule has 0 aromatic carbocycles. The van der Waals surface area contributed by atoms with Crippen LogP contribution in [0.3, 0.4) is 0 Å². The van der Waals surface area contributed by atoms with Crippen LogP contribution in [-0.4, -0.2) is 9.55 Å². The summed E-state index contributed by atoms with van der Waals surface area (Å²) in [7, 11) is 0. The fourth-order valence-corrected chi connectivity index (χ4v) is 1.77. The van der Waals surface area contributed by atoms with Crippen molar-refractivity contribution >= 4 is 0 Å². The van der Waals surface area contributed by atoms with Crippen molar-refractivity contribution in [2.45, 2.75) is 45.1 Å². The van der Waals surface area contributed by atoms with Crippen LogP contribution in [0.2, 0.25) is 0 Å². The summed E-state index contributed by atoms with van der Waals surface area (Å²) in [6, 6.07) is 0.558. The van der Waals surface area contributed by atoms with Gasteiger partial charge in [-0.1, -0.05) is 6.42 Å². The van der Waals surface area contributed by atoms with Gasteiger partial charge in [0.1, 0.15) is 0 Å². The summed E-state index contributed by atoms with van der Waals surface area (Å²) in [6.07, 6.45) is 8.10. The van der Waals surface area contributed by atoms with E-state index >= 15 is 0 Å². The number of rotatable bonds is 2. The Morgan fingerprint density at radius 3 is 2.75 bits per heavy atom. The Kier molecular flexibility index (Phi) is 1.91. The van der Waals surface area contributed by atoms with Crippen molar-refractivity contribution in [3.05, 3.63) is 18.2 Å². The Morgan fingerprint density at radius 1 is 1.50 bits per heavy atom. The molecule has 1 saturated carbocycles. The van der Waals surface area contributed by atoms with Gasteiger partial charge in [0.25, 0.3) is 0 Å². The van der Waals surface area contributed by atoms with Gasteiger partial charge >= 0.3 is 0 Å². The highest BCUT2D eigenvalue weighted by Gasteiger charge is 2.23. The van der Waals surface area contributed by atoms with Gasteiger partial charge in [0.15, 0.2) is 0 Å². The molecule has 1 aliphatic rings. The molecule has 2 heteroatoms. The Morgan fingerprint density at radius 2 is 2.25 bits per heavy atom. The summed E-state index contributed by atoms with van der Waals surface area (Å²) in [5.41, 5.74) is 1.44. The second-order valence-electron chi connectivity index (χ2n) is 3.95. The van der Waals surface area contributed by atoms with Crippen molar-refractivity contribution in [2.24, 2.45) is 0 Å². The Balaban J connectivity index is 2.23. The molecule has 0 amide bonds. The molecule has 2 rings (SSSR count). The van der Waals surface area contributed by atoms with Crippen molar-refractivity contribution in [3.63, 3.8) is 0 Å². The van der Waals surface area contributed by atoms with E-state index in [1.54, 1.807) is 0 Å². The second-order valence-corrected chi connectivity index (χ2v) is 3.95. The molecule has 0 unspecified atom stereocenters. The second kappa shape index (κ2) is 2.92. The molecule has 0 atom stereocenters. The summed E-state index contributed by atoms with van der Waals surface area (Å²) in [5, 5.41) is 0. The molecule has 2 nitrogen and oxygen atoms in total. The van der Waals surface area contributed by atoms with Gasteiger partial charge in [-0.2, -0.15) is 0 Å². The molecule has 1 fully saturated rings. The largest absolute Gasteiger partial charge is 0.332 e. The maximum atomic E-state index is 4.21. The average molecular weight is 164 g/mol. The minimum absolute atomic E-state index is 0.558. The standard InChI is InChI=1S/C10H16N2/c1-8(2)12-7-11-6-10(12)9-4-3-5-9/h6-9H,3-5H2,1-2H3. The first-order valence-electron chi connectivity index (χ1n) is 4.80. The zero-order valence-electron chi connectivity index (χ0n) is 7.83. The van der Waals surface area contributed by atoms with Crippen LogP contribution in [0, 0.1) is 0 Å². The molecule has 1 aromatic rings. The quantitative estimate of drug-likeness (QED) is 0.657. The first-order valence-corrected chi connectivity index (χ1v) is 4.80. The first-order chi connectivity index (χ1) is 5.79. The molecule has 1 aromatic heterocycles. The van der Waals surface area contributed by atoms with Crippen LogP contribution in [0.1, 0.15) is 50.8 Å². The molecule has 0 radical (unpaired) electrons. The molecule has 0 spiro atoms. The molecule has 0 N–H and O–H groups in total. The fourth-order valence-electron chi connectivity index (χ4n) is 1.77. The lowest BCUT2D eigenvalue weighted by atomic mass is 9.83. The number of nitrogens with zero attached hydrogens (tertiary/aromatic N) is 2. The number of hydrogen-bond acceptors (Lipinski definition) is 1. The van der Waals surface area contributed by atoms with Crippen LogP contribution in [0.25, 0.3) is 0 Å². The Labute approximate surface area is 73.6 Å². The zero-order chi connectivity index (χ0) is 8.55. The molecular formula is C10H16N2. The van der Waals surface area contributed by atoms with E-state index in [0.29, 0.717) is 6.04 Å². The topological polar surface area (TPSA) is 17.8 Å².